The van der Waals surface area contributed by atoms with E-state index in [-0.39, 0.29) is 5.78 Å². The van der Waals surface area contributed by atoms with Crippen LogP contribution in [0.5, 0.6) is 0 Å². The number of thiophene rings is 1. The van der Waals surface area contributed by atoms with Crippen LogP contribution in [0.25, 0.3) is 21.6 Å². The molecular weight excluding hydrogens is 394 g/mol. The van der Waals surface area contributed by atoms with Crippen LogP contribution in [0.1, 0.15) is 28.8 Å². The molecule has 4 aromatic rings. The summed E-state index contributed by atoms with van der Waals surface area (Å²) >= 11 is 1.69. The second kappa shape index (κ2) is 7.84. The first-order valence-corrected chi connectivity index (χ1v) is 10.9. The monoisotopic (exact) mass is 415 g/mol. The second-order valence-electron chi connectivity index (χ2n) is 7.47. The molecule has 6 nitrogen and oxygen atoms in total. The van der Waals surface area contributed by atoms with Crippen molar-refractivity contribution in [1.29, 1.82) is 0 Å². The number of fused-ring (bicyclic) bond motifs is 1. The summed E-state index contributed by atoms with van der Waals surface area (Å²) in [7, 11) is 0. The maximum Gasteiger partial charge on any atom is 0.168 e. The molecule has 0 spiro atoms. The third-order valence-electron chi connectivity index (χ3n) is 5.35. The van der Waals surface area contributed by atoms with Gasteiger partial charge in [-0.25, -0.2) is 15.0 Å². The number of hydrogen-bond acceptors (Lipinski definition) is 7. The predicted octanol–water partition coefficient (Wildman–Crippen LogP) is 4.36. The highest BCUT2D eigenvalue weighted by atomic mass is 32.1. The summed E-state index contributed by atoms with van der Waals surface area (Å²) in [5, 5.41) is 2.07. The molecule has 0 aliphatic carbocycles. The SMILES string of the molecule is Nc1ccc(C(=O)Cc2cccc(-c3nc(N4CCCC4)c4sccc4n3)c2)cn1. The number of nitrogen functional groups attached to an aromatic ring is 1. The molecule has 0 radical (unpaired) electrons. The maximum atomic E-state index is 12.6. The van der Waals surface area contributed by atoms with Gasteiger partial charge in [-0.2, -0.15) is 0 Å². The molecular formula is C23H21N5OS. The lowest BCUT2D eigenvalue weighted by molar-refractivity contribution is 0.0992. The highest BCUT2D eigenvalue weighted by molar-refractivity contribution is 7.17. The summed E-state index contributed by atoms with van der Waals surface area (Å²) in [5.41, 5.74) is 8.99. The lowest BCUT2D eigenvalue weighted by Gasteiger charge is -2.18. The van der Waals surface area contributed by atoms with Crippen LogP contribution in [-0.2, 0) is 6.42 Å². The number of ketones is 1. The molecule has 0 amide bonds. The van der Waals surface area contributed by atoms with Crippen LogP contribution in [0.4, 0.5) is 11.6 Å². The normalized spacial score (nSPS) is 13.8. The van der Waals surface area contributed by atoms with Crippen molar-refractivity contribution in [3.8, 4) is 11.4 Å². The molecule has 0 saturated carbocycles. The Kier molecular flexibility index (Phi) is 4.88. The van der Waals surface area contributed by atoms with E-state index >= 15 is 0 Å². The fourth-order valence-electron chi connectivity index (χ4n) is 3.80. The van der Waals surface area contributed by atoms with Gasteiger partial charge in [0.15, 0.2) is 17.4 Å². The van der Waals surface area contributed by atoms with Crippen molar-refractivity contribution in [2.45, 2.75) is 19.3 Å². The van der Waals surface area contributed by atoms with Crippen LogP contribution in [0.15, 0.2) is 54.0 Å². The van der Waals surface area contributed by atoms with Gasteiger partial charge in [0.1, 0.15) is 5.82 Å². The van der Waals surface area contributed by atoms with Gasteiger partial charge in [0, 0.05) is 36.8 Å². The Hall–Kier alpha value is -3.32. The van der Waals surface area contributed by atoms with Gasteiger partial charge in [-0.3, -0.25) is 4.79 Å². The number of carbonyl (C=O) groups is 1. The number of benzene rings is 1. The Bertz CT molecular complexity index is 1210. The van der Waals surface area contributed by atoms with Crippen LogP contribution >= 0.6 is 11.3 Å². The summed E-state index contributed by atoms with van der Waals surface area (Å²) in [6, 6.07) is 13.3. The molecule has 3 aromatic heterocycles. The molecule has 30 heavy (non-hydrogen) atoms. The third kappa shape index (κ3) is 3.64. The van der Waals surface area contributed by atoms with E-state index in [1.807, 2.05) is 30.3 Å². The highest BCUT2D eigenvalue weighted by Crippen LogP contribution is 2.33. The van der Waals surface area contributed by atoms with Gasteiger partial charge in [0.25, 0.3) is 0 Å². The lowest BCUT2D eigenvalue weighted by Crippen LogP contribution is -2.19. The Balaban J connectivity index is 1.47. The topological polar surface area (TPSA) is 85.0 Å². The fraction of sp³-hybridized carbons (Fsp3) is 0.217. The molecule has 0 atom stereocenters. The van der Waals surface area contributed by atoms with E-state index in [1.54, 1.807) is 23.5 Å². The predicted molar refractivity (Wildman–Crippen MR) is 121 cm³/mol. The average Bonchev–Trinajstić information content (AvgIpc) is 3.46. The van der Waals surface area contributed by atoms with Crippen molar-refractivity contribution in [2.24, 2.45) is 0 Å². The smallest absolute Gasteiger partial charge is 0.168 e. The van der Waals surface area contributed by atoms with E-state index in [9.17, 15) is 4.79 Å². The standard InChI is InChI=1S/C23H21N5OS/c24-20-7-6-17(14-25-20)19(29)13-15-4-3-5-16(12-15)22-26-18-8-11-30-21(18)23(27-22)28-9-1-2-10-28/h3-8,11-12,14H,1-2,9-10,13H2,(H2,24,25). The zero-order valence-corrected chi connectivity index (χ0v) is 17.2. The van der Waals surface area contributed by atoms with Gasteiger partial charge >= 0.3 is 0 Å². The van der Waals surface area contributed by atoms with Gasteiger partial charge in [-0.1, -0.05) is 18.2 Å². The number of nitrogens with zero attached hydrogens (tertiary/aromatic N) is 4. The molecule has 150 valence electrons. The fourth-order valence-corrected chi connectivity index (χ4v) is 4.65. The van der Waals surface area contributed by atoms with E-state index < -0.39 is 0 Å². The minimum Gasteiger partial charge on any atom is -0.384 e. The quantitative estimate of drug-likeness (QED) is 0.488. The van der Waals surface area contributed by atoms with Crippen molar-refractivity contribution in [2.75, 3.05) is 23.7 Å². The summed E-state index contributed by atoms with van der Waals surface area (Å²) in [6.07, 6.45) is 4.21. The summed E-state index contributed by atoms with van der Waals surface area (Å²) in [6.45, 7) is 2.07. The molecule has 5 rings (SSSR count). The molecule has 1 aromatic carbocycles. The molecule has 2 N–H and O–H groups in total. The lowest BCUT2D eigenvalue weighted by atomic mass is 10.0. The average molecular weight is 416 g/mol. The molecule has 4 heterocycles. The van der Waals surface area contributed by atoms with Crippen molar-refractivity contribution < 1.29 is 4.79 Å². The molecule has 1 fully saturated rings. The van der Waals surface area contributed by atoms with Crippen LogP contribution in [-0.4, -0.2) is 33.8 Å². The number of rotatable bonds is 5. The summed E-state index contributed by atoms with van der Waals surface area (Å²) < 4.78 is 1.14. The first-order valence-electron chi connectivity index (χ1n) is 10.0. The number of pyridine rings is 1. The summed E-state index contributed by atoms with van der Waals surface area (Å²) in [5.74, 6) is 2.14. The van der Waals surface area contributed by atoms with Crippen LogP contribution in [0.2, 0.25) is 0 Å². The van der Waals surface area contributed by atoms with Gasteiger partial charge in [-0.15, -0.1) is 11.3 Å². The largest absolute Gasteiger partial charge is 0.384 e. The first-order chi connectivity index (χ1) is 14.7. The Morgan fingerprint density at radius 1 is 1.10 bits per heavy atom. The van der Waals surface area contributed by atoms with Crippen molar-refractivity contribution in [3.63, 3.8) is 0 Å². The third-order valence-corrected chi connectivity index (χ3v) is 6.25. The van der Waals surface area contributed by atoms with Gasteiger partial charge in [-0.05, 0) is 48.1 Å². The molecule has 7 heteroatoms. The number of hydrogen-bond donors (Lipinski definition) is 1. The van der Waals surface area contributed by atoms with Crippen molar-refractivity contribution in [3.05, 3.63) is 65.2 Å². The number of Topliss-reactive ketones (excluding diaryl/α,β-unsaturated/α-hetero) is 1. The van der Waals surface area contributed by atoms with E-state index in [4.69, 9.17) is 15.7 Å². The number of aromatic nitrogens is 3. The number of nitrogens with two attached hydrogens (primary N) is 1. The van der Waals surface area contributed by atoms with E-state index in [1.165, 1.54) is 19.0 Å². The Morgan fingerprint density at radius 3 is 2.77 bits per heavy atom. The highest BCUT2D eigenvalue weighted by Gasteiger charge is 2.19. The minimum atomic E-state index is 0.00612. The van der Waals surface area contributed by atoms with E-state index in [0.29, 0.717) is 23.6 Å². The molecule has 1 aliphatic rings. The second-order valence-corrected chi connectivity index (χ2v) is 8.39. The van der Waals surface area contributed by atoms with Crippen LogP contribution < -0.4 is 10.6 Å². The van der Waals surface area contributed by atoms with Gasteiger partial charge in [0.2, 0.25) is 0 Å². The van der Waals surface area contributed by atoms with Gasteiger partial charge in [0.05, 0.1) is 10.2 Å². The summed E-state index contributed by atoms with van der Waals surface area (Å²) in [4.78, 5) is 28.7. The zero-order chi connectivity index (χ0) is 20.5. The molecule has 1 aliphatic heterocycles. The van der Waals surface area contributed by atoms with Crippen molar-refractivity contribution in [1.82, 2.24) is 15.0 Å². The van der Waals surface area contributed by atoms with E-state index in [2.05, 4.69) is 15.3 Å². The molecule has 1 saturated heterocycles. The Labute approximate surface area is 178 Å². The maximum absolute atomic E-state index is 12.6. The number of carbonyl (C=O) groups excluding carboxylic acids is 1. The van der Waals surface area contributed by atoms with Crippen LogP contribution in [0, 0.1) is 0 Å². The molecule has 0 unspecified atom stereocenters. The minimum absolute atomic E-state index is 0.00612. The number of anilines is 2. The van der Waals surface area contributed by atoms with Crippen molar-refractivity contribution >= 4 is 39.0 Å². The zero-order valence-electron chi connectivity index (χ0n) is 16.4. The Morgan fingerprint density at radius 2 is 1.97 bits per heavy atom. The molecule has 0 bridgehead atoms. The van der Waals surface area contributed by atoms with Gasteiger partial charge < -0.3 is 10.6 Å². The van der Waals surface area contributed by atoms with E-state index in [0.717, 1.165) is 40.3 Å². The van der Waals surface area contributed by atoms with Crippen LogP contribution in [0.3, 0.4) is 0 Å². The first kappa shape index (κ1) is 18.7.